The molecule has 0 saturated heterocycles. The van der Waals surface area contributed by atoms with Crippen LogP contribution in [0.5, 0.6) is 11.5 Å². The molecule has 6 nitrogen and oxygen atoms in total. The molecule has 1 aliphatic rings. The van der Waals surface area contributed by atoms with Gasteiger partial charge in [0.2, 0.25) is 6.79 Å². The summed E-state index contributed by atoms with van der Waals surface area (Å²) in [4.78, 5) is 11.3. The Kier molecular flexibility index (Phi) is 4.00. The first-order chi connectivity index (χ1) is 10.7. The van der Waals surface area contributed by atoms with Crippen molar-refractivity contribution < 1.29 is 19.0 Å². The van der Waals surface area contributed by atoms with Gasteiger partial charge < -0.3 is 19.5 Å². The third-order valence-electron chi connectivity index (χ3n) is 3.07. The standard InChI is InChI=1S/C16H16N2O4/c1-2-20-16(19)18-12-5-3-11(4-6-12)17-13-7-8-14-15(9-13)22-10-21-14/h3-9,17H,2,10H2,1H3,(H,18,19). The van der Waals surface area contributed by atoms with Gasteiger partial charge >= 0.3 is 6.09 Å². The van der Waals surface area contributed by atoms with Crippen molar-refractivity contribution in [2.24, 2.45) is 0 Å². The second-order valence-corrected chi connectivity index (χ2v) is 4.62. The maximum Gasteiger partial charge on any atom is 0.411 e. The van der Waals surface area contributed by atoms with E-state index in [4.69, 9.17) is 14.2 Å². The van der Waals surface area contributed by atoms with Crippen molar-refractivity contribution in [3.8, 4) is 11.5 Å². The minimum absolute atomic E-state index is 0.257. The molecule has 0 aromatic heterocycles. The molecule has 0 bridgehead atoms. The number of carbonyl (C=O) groups excluding carboxylic acids is 1. The number of fused-ring (bicyclic) bond motifs is 1. The van der Waals surface area contributed by atoms with Gasteiger partial charge in [-0.05, 0) is 43.3 Å². The monoisotopic (exact) mass is 300 g/mol. The van der Waals surface area contributed by atoms with E-state index in [2.05, 4.69) is 10.6 Å². The number of hydrogen-bond acceptors (Lipinski definition) is 5. The fourth-order valence-corrected chi connectivity index (χ4v) is 2.06. The number of nitrogens with one attached hydrogen (secondary N) is 2. The minimum Gasteiger partial charge on any atom is -0.454 e. The van der Waals surface area contributed by atoms with Gasteiger partial charge in [-0.3, -0.25) is 5.32 Å². The van der Waals surface area contributed by atoms with Crippen molar-refractivity contribution in [1.82, 2.24) is 0 Å². The van der Waals surface area contributed by atoms with Crippen LogP contribution in [0.3, 0.4) is 0 Å². The summed E-state index contributed by atoms with van der Waals surface area (Å²) in [5.74, 6) is 1.48. The van der Waals surface area contributed by atoms with Gasteiger partial charge in [-0.2, -0.15) is 0 Å². The normalized spacial score (nSPS) is 11.9. The third-order valence-corrected chi connectivity index (χ3v) is 3.07. The average Bonchev–Trinajstić information content (AvgIpc) is 2.97. The van der Waals surface area contributed by atoms with E-state index in [1.165, 1.54) is 0 Å². The lowest BCUT2D eigenvalue weighted by Gasteiger charge is -2.09. The predicted molar refractivity (Wildman–Crippen MR) is 82.9 cm³/mol. The van der Waals surface area contributed by atoms with E-state index in [-0.39, 0.29) is 6.79 Å². The van der Waals surface area contributed by atoms with E-state index in [1.807, 2.05) is 30.3 Å². The molecule has 0 fully saturated rings. The second kappa shape index (κ2) is 6.26. The van der Waals surface area contributed by atoms with Crippen LogP contribution in [0.2, 0.25) is 0 Å². The van der Waals surface area contributed by atoms with Gasteiger partial charge in [-0.25, -0.2) is 4.79 Å². The largest absolute Gasteiger partial charge is 0.454 e. The molecule has 2 aromatic rings. The molecule has 0 unspecified atom stereocenters. The fourth-order valence-electron chi connectivity index (χ4n) is 2.06. The average molecular weight is 300 g/mol. The molecule has 0 saturated carbocycles. The number of hydrogen-bond donors (Lipinski definition) is 2. The van der Waals surface area contributed by atoms with Crippen molar-refractivity contribution in [1.29, 1.82) is 0 Å². The highest BCUT2D eigenvalue weighted by Gasteiger charge is 2.13. The first-order valence-corrected chi connectivity index (χ1v) is 6.95. The van der Waals surface area contributed by atoms with Gasteiger partial charge in [0.1, 0.15) is 0 Å². The highest BCUT2D eigenvalue weighted by molar-refractivity contribution is 5.85. The number of carbonyl (C=O) groups is 1. The Morgan fingerprint density at radius 2 is 1.73 bits per heavy atom. The first-order valence-electron chi connectivity index (χ1n) is 6.95. The Morgan fingerprint density at radius 3 is 2.50 bits per heavy atom. The Hall–Kier alpha value is -2.89. The molecule has 22 heavy (non-hydrogen) atoms. The summed E-state index contributed by atoms with van der Waals surface area (Å²) in [6.45, 7) is 2.36. The van der Waals surface area contributed by atoms with Crippen LogP contribution in [0.1, 0.15) is 6.92 Å². The van der Waals surface area contributed by atoms with E-state index in [0.717, 1.165) is 22.9 Å². The molecule has 114 valence electrons. The van der Waals surface area contributed by atoms with Crippen LogP contribution in [0.15, 0.2) is 42.5 Å². The van der Waals surface area contributed by atoms with Gasteiger partial charge in [0.15, 0.2) is 11.5 Å². The minimum atomic E-state index is -0.459. The van der Waals surface area contributed by atoms with Gasteiger partial charge in [-0.1, -0.05) is 0 Å². The number of amides is 1. The van der Waals surface area contributed by atoms with Gasteiger partial charge in [0.25, 0.3) is 0 Å². The SMILES string of the molecule is CCOC(=O)Nc1ccc(Nc2ccc3c(c2)OCO3)cc1. The summed E-state index contributed by atoms with van der Waals surface area (Å²) in [5.41, 5.74) is 2.47. The molecule has 0 aliphatic carbocycles. The summed E-state index contributed by atoms with van der Waals surface area (Å²) in [7, 11) is 0. The number of benzene rings is 2. The Labute approximate surface area is 128 Å². The zero-order chi connectivity index (χ0) is 15.4. The van der Waals surface area contributed by atoms with E-state index < -0.39 is 6.09 Å². The highest BCUT2D eigenvalue weighted by Crippen LogP contribution is 2.35. The molecule has 2 aromatic carbocycles. The van der Waals surface area contributed by atoms with Crippen LogP contribution in [0.4, 0.5) is 21.9 Å². The van der Waals surface area contributed by atoms with Crippen molar-refractivity contribution in [3.05, 3.63) is 42.5 Å². The maximum absolute atomic E-state index is 11.3. The quantitative estimate of drug-likeness (QED) is 0.900. The lowest BCUT2D eigenvalue weighted by Crippen LogP contribution is -2.13. The van der Waals surface area contributed by atoms with Gasteiger partial charge in [0.05, 0.1) is 6.61 Å². The highest BCUT2D eigenvalue weighted by atomic mass is 16.7. The predicted octanol–water partition coefficient (Wildman–Crippen LogP) is 3.73. The van der Waals surface area contributed by atoms with Crippen molar-refractivity contribution >= 4 is 23.2 Å². The van der Waals surface area contributed by atoms with Crippen molar-refractivity contribution in [3.63, 3.8) is 0 Å². The summed E-state index contributed by atoms with van der Waals surface area (Å²) >= 11 is 0. The molecule has 1 amide bonds. The van der Waals surface area contributed by atoms with Crippen LogP contribution >= 0.6 is 0 Å². The summed E-state index contributed by atoms with van der Waals surface area (Å²) in [6.07, 6.45) is -0.459. The molecular formula is C16H16N2O4. The lowest BCUT2D eigenvalue weighted by molar-refractivity contribution is 0.168. The number of rotatable bonds is 4. The fraction of sp³-hybridized carbons (Fsp3) is 0.188. The van der Waals surface area contributed by atoms with Crippen LogP contribution in [-0.2, 0) is 4.74 Å². The van der Waals surface area contributed by atoms with Crippen molar-refractivity contribution in [2.45, 2.75) is 6.92 Å². The molecule has 2 N–H and O–H groups in total. The molecule has 1 heterocycles. The number of ether oxygens (including phenoxy) is 3. The first kappa shape index (κ1) is 14.1. The molecule has 1 aliphatic heterocycles. The van der Waals surface area contributed by atoms with Crippen LogP contribution in [-0.4, -0.2) is 19.5 Å². The summed E-state index contributed by atoms with van der Waals surface area (Å²) < 4.78 is 15.4. The Balaban J connectivity index is 1.64. The molecule has 3 rings (SSSR count). The van der Waals surface area contributed by atoms with Gasteiger partial charge in [0, 0.05) is 23.1 Å². The molecule has 0 radical (unpaired) electrons. The zero-order valence-electron chi connectivity index (χ0n) is 12.1. The topological polar surface area (TPSA) is 68.8 Å². The maximum atomic E-state index is 11.3. The zero-order valence-corrected chi connectivity index (χ0v) is 12.1. The summed E-state index contributed by atoms with van der Waals surface area (Å²) in [5, 5.41) is 5.90. The van der Waals surface area contributed by atoms with Gasteiger partial charge in [-0.15, -0.1) is 0 Å². The second-order valence-electron chi connectivity index (χ2n) is 4.62. The van der Waals surface area contributed by atoms with Crippen LogP contribution < -0.4 is 20.1 Å². The molecular weight excluding hydrogens is 284 g/mol. The Bertz CT molecular complexity index is 670. The van der Waals surface area contributed by atoms with E-state index in [1.54, 1.807) is 19.1 Å². The molecule has 0 spiro atoms. The lowest BCUT2D eigenvalue weighted by atomic mass is 10.2. The summed E-state index contributed by atoms with van der Waals surface area (Å²) in [6, 6.07) is 13.0. The van der Waals surface area contributed by atoms with E-state index in [9.17, 15) is 4.79 Å². The van der Waals surface area contributed by atoms with Crippen molar-refractivity contribution in [2.75, 3.05) is 24.0 Å². The van der Waals surface area contributed by atoms with Crippen LogP contribution in [0.25, 0.3) is 0 Å². The Morgan fingerprint density at radius 1 is 1.05 bits per heavy atom. The van der Waals surface area contributed by atoms with Crippen LogP contribution in [0, 0.1) is 0 Å². The number of anilines is 3. The molecule has 6 heteroatoms. The third kappa shape index (κ3) is 3.22. The van der Waals surface area contributed by atoms with E-state index in [0.29, 0.717) is 12.3 Å². The van der Waals surface area contributed by atoms with E-state index >= 15 is 0 Å². The smallest absolute Gasteiger partial charge is 0.411 e. The molecule has 0 atom stereocenters.